The monoisotopic (exact) mass is 313 g/mol. The summed E-state index contributed by atoms with van der Waals surface area (Å²) in [6.07, 6.45) is 3.42. The minimum absolute atomic E-state index is 0.124. The molecule has 0 bridgehead atoms. The lowest BCUT2D eigenvalue weighted by molar-refractivity contribution is -0.384. The van der Waals surface area contributed by atoms with E-state index in [9.17, 15) is 14.9 Å². The topological polar surface area (TPSA) is 98.3 Å². The van der Waals surface area contributed by atoms with E-state index in [1.54, 1.807) is 12.2 Å². The molecule has 1 aromatic carbocycles. The van der Waals surface area contributed by atoms with Crippen molar-refractivity contribution >= 4 is 27.5 Å². The summed E-state index contributed by atoms with van der Waals surface area (Å²) < 4.78 is 0.508. The van der Waals surface area contributed by atoms with Gasteiger partial charge in [0.1, 0.15) is 0 Å². The number of hydrogen-bond donors (Lipinski definition) is 2. The van der Waals surface area contributed by atoms with Gasteiger partial charge in [-0.15, -0.1) is 0 Å². The number of hydrogen-bond acceptors (Lipinski definition) is 4. The molecular formula is C11H12BrN3O3. The summed E-state index contributed by atoms with van der Waals surface area (Å²) in [5.41, 5.74) is 5.35. The molecule has 1 aromatic rings. The van der Waals surface area contributed by atoms with Crippen LogP contribution in [-0.4, -0.2) is 23.9 Å². The Labute approximate surface area is 112 Å². The first kappa shape index (κ1) is 14.3. The Hall–Kier alpha value is -1.73. The zero-order chi connectivity index (χ0) is 13.5. The summed E-state index contributed by atoms with van der Waals surface area (Å²) in [6, 6.07) is 4.03. The van der Waals surface area contributed by atoms with Crippen LogP contribution in [0, 0.1) is 10.1 Å². The molecule has 18 heavy (non-hydrogen) atoms. The van der Waals surface area contributed by atoms with Gasteiger partial charge in [0.15, 0.2) is 0 Å². The van der Waals surface area contributed by atoms with Crippen molar-refractivity contribution in [2.24, 2.45) is 5.73 Å². The van der Waals surface area contributed by atoms with Gasteiger partial charge in [0.05, 0.1) is 10.5 Å². The Morgan fingerprint density at radius 2 is 2.22 bits per heavy atom. The SMILES string of the molecule is NC/C=C/CNC(=O)c1cc([N+](=O)[O-])ccc1Br. The fourth-order valence-corrected chi connectivity index (χ4v) is 1.65. The molecule has 96 valence electrons. The van der Waals surface area contributed by atoms with Crippen molar-refractivity contribution in [1.29, 1.82) is 0 Å². The maximum atomic E-state index is 11.8. The number of benzene rings is 1. The first-order valence-electron chi connectivity index (χ1n) is 5.13. The fourth-order valence-electron chi connectivity index (χ4n) is 1.23. The van der Waals surface area contributed by atoms with E-state index in [1.165, 1.54) is 18.2 Å². The van der Waals surface area contributed by atoms with Gasteiger partial charge in [-0.05, 0) is 22.0 Å². The number of nitro groups is 1. The molecule has 6 nitrogen and oxygen atoms in total. The van der Waals surface area contributed by atoms with E-state index >= 15 is 0 Å². The summed E-state index contributed by atoms with van der Waals surface area (Å²) in [7, 11) is 0. The predicted octanol–water partition coefficient (Wildman–Crippen LogP) is 1.60. The first-order valence-corrected chi connectivity index (χ1v) is 5.92. The zero-order valence-electron chi connectivity index (χ0n) is 9.43. The second-order valence-corrected chi connectivity index (χ2v) is 4.19. The minimum atomic E-state index is -0.544. The third-order valence-corrected chi connectivity index (χ3v) is 2.78. The molecule has 0 aliphatic carbocycles. The number of halogens is 1. The van der Waals surface area contributed by atoms with Gasteiger partial charge >= 0.3 is 0 Å². The molecule has 1 rings (SSSR count). The molecule has 0 radical (unpaired) electrons. The van der Waals surface area contributed by atoms with Crippen LogP contribution in [0.2, 0.25) is 0 Å². The summed E-state index contributed by atoms with van der Waals surface area (Å²) >= 11 is 3.18. The van der Waals surface area contributed by atoms with Gasteiger partial charge in [-0.2, -0.15) is 0 Å². The summed E-state index contributed by atoms with van der Waals surface area (Å²) in [4.78, 5) is 21.9. The van der Waals surface area contributed by atoms with Crippen LogP contribution >= 0.6 is 15.9 Å². The van der Waals surface area contributed by atoms with Crippen LogP contribution in [0.25, 0.3) is 0 Å². The van der Waals surface area contributed by atoms with E-state index in [4.69, 9.17) is 5.73 Å². The van der Waals surface area contributed by atoms with Crippen LogP contribution in [0.15, 0.2) is 34.8 Å². The molecule has 0 atom stereocenters. The lowest BCUT2D eigenvalue weighted by atomic mass is 10.2. The molecule has 0 aliphatic heterocycles. The maximum absolute atomic E-state index is 11.8. The van der Waals surface area contributed by atoms with Gasteiger partial charge in [-0.25, -0.2) is 0 Å². The van der Waals surface area contributed by atoms with Crippen molar-refractivity contribution in [3.63, 3.8) is 0 Å². The van der Waals surface area contributed by atoms with E-state index in [-0.39, 0.29) is 17.2 Å². The predicted molar refractivity (Wildman–Crippen MR) is 71.3 cm³/mol. The second-order valence-electron chi connectivity index (χ2n) is 3.34. The highest BCUT2D eigenvalue weighted by Gasteiger charge is 2.14. The second kappa shape index (κ2) is 6.87. The molecule has 0 fully saturated rings. The zero-order valence-corrected chi connectivity index (χ0v) is 11.0. The van der Waals surface area contributed by atoms with Crippen LogP contribution < -0.4 is 11.1 Å². The molecule has 7 heteroatoms. The van der Waals surface area contributed by atoms with Gasteiger partial charge in [-0.3, -0.25) is 14.9 Å². The van der Waals surface area contributed by atoms with Gasteiger partial charge in [0.2, 0.25) is 0 Å². The Bertz CT molecular complexity index is 488. The number of non-ortho nitro benzene ring substituents is 1. The van der Waals surface area contributed by atoms with Crippen molar-refractivity contribution < 1.29 is 9.72 Å². The number of nitro benzene ring substituents is 1. The third-order valence-electron chi connectivity index (χ3n) is 2.09. The highest BCUT2D eigenvalue weighted by atomic mass is 79.9. The third kappa shape index (κ3) is 3.94. The van der Waals surface area contributed by atoms with Gasteiger partial charge in [-0.1, -0.05) is 12.2 Å². The summed E-state index contributed by atoms with van der Waals surface area (Å²) in [5, 5.41) is 13.2. The van der Waals surface area contributed by atoms with Crippen molar-refractivity contribution in [2.75, 3.05) is 13.1 Å². The minimum Gasteiger partial charge on any atom is -0.349 e. The molecular weight excluding hydrogens is 302 g/mol. The lowest BCUT2D eigenvalue weighted by Gasteiger charge is -2.04. The number of nitrogens with one attached hydrogen (secondary N) is 1. The quantitative estimate of drug-likeness (QED) is 0.490. The molecule has 0 spiro atoms. The highest BCUT2D eigenvalue weighted by Crippen LogP contribution is 2.22. The van der Waals surface area contributed by atoms with Crippen LogP contribution in [0.1, 0.15) is 10.4 Å². The molecule has 0 unspecified atom stereocenters. The normalized spacial score (nSPS) is 10.6. The number of amides is 1. The van der Waals surface area contributed by atoms with Crippen molar-refractivity contribution in [1.82, 2.24) is 5.32 Å². The number of carbonyl (C=O) groups excluding carboxylic acids is 1. The van der Waals surface area contributed by atoms with Crippen molar-refractivity contribution in [3.8, 4) is 0 Å². The standard InChI is InChI=1S/C11H12BrN3O3/c12-10-4-3-8(15(17)18)7-9(10)11(16)14-6-2-1-5-13/h1-4,7H,5-6,13H2,(H,14,16)/b2-1+. The molecule has 0 saturated carbocycles. The Morgan fingerprint density at radius 3 is 2.83 bits per heavy atom. The largest absolute Gasteiger partial charge is 0.349 e. The van der Waals surface area contributed by atoms with Gasteiger partial charge < -0.3 is 11.1 Å². The van der Waals surface area contributed by atoms with Crippen LogP contribution in [0.3, 0.4) is 0 Å². The number of carbonyl (C=O) groups is 1. The summed E-state index contributed by atoms with van der Waals surface area (Å²) in [5.74, 6) is -0.382. The Balaban J connectivity index is 2.81. The molecule has 0 saturated heterocycles. The van der Waals surface area contributed by atoms with Crippen molar-refractivity contribution in [2.45, 2.75) is 0 Å². The molecule has 0 heterocycles. The number of nitrogens with zero attached hydrogens (tertiary/aromatic N) is 1. The van der Waals surface area contributed by atoms with Gasteiger partial charge in [0, 0.05) is 29.7 Å². The average Bonchev–Trinajstić information content (AvgIpc) is 2.34. The molecule has 0 aromatic heterocycles. The molecule has 3 N–H and O–H groups in total. The molecule has 0 aliphatic rings. The van der Waals surface area contributed by atoms with Crippen LogP contribution in [0.5, 0.6) is 0 Å². The van der Waals surface area contributed by atoms with Crippen LogP contribution in [0.4, 0.5) is 5.69 Å². The fraction of sp³-hybridized carbons (Fsp3) is 0.182. The molecule has 1 amide bonds. The van der Waals surface area contributed by atoms with Gasteiger partial charge in [0.25, 0.3) is 11.6 Å². The van der Waals surface area contributed by atoms with E-state index in [0.29, 0.717) is 17.6 Å². The first-order chi connectivity index (χ1) is 8.56. The lowest BCUT2D eigenvalue weighted by Crippen LogP contribution is -2.24. The Kier molecular flexibility index (Phi) is 5.47. The van der Waals surface area contributed by atoms with E-state index in [1.807, 2.05) is 0 Å². The average molecular weight is 314 g/mol. The maximum Gasteiger partial charge on any atom is 0.270 e. The summed E-state index contributed by atoms with van der Waals surface area (Å²) in [6.45, 7) is 0.724. The highest BCUT2D eigenvalue weighted by molar-refractivity contribution is 9.10. The van der Waals surface area contributed by atoms with Crippen LogP contribution in [-0.2, 0) is 0 Å². The van der Waals surface area contributed by atoms with Crippen molar-refractivity contribution in [3.05, 3.63) is 50.5 Å². The smallest absolute Gasteiger partial charge is 0.270 e. The number of rotatable bonds is 5. The van der Waals surface area contributed by atoms with E-state index in [2.05, 4.69) is 21.2 Å². The van der Waals surface area contributed by atoms with E-state index < -0.39 is 4.92 Å². The van der Waals surface area contributed by atoms with E-state index in [0.717, 1.165) is 0 Å². The number of nitrogens with two attached hydrogens (primary N) is 1. The Morgan fingerprint density at radius 1 is 1.50 bits per heavy atom.